The van der Waals surface area contributed by atoms with Crippen LogP contribution in [0.4, 0.5) is 4.39 Å². The van der Waals surface area contributed by atoms with Crippen LogP contribution in [-0.2, 0) is 17.8 Å². The van der Waals surface area contributed by atoms with Crippen LogP contribution in [0.3, 0.4) is 0 Å². The Kier molecular flexibility index (Phi) is 4.21. The van der Waals surface area contributed by atoms with Crippen molar-refractivity contribution < 1.29 is 19.0 Å². The van der Waals surface area contributed by atoms with Gasteiger partial charge in [-0.2, -0.15) is 0 Å². The number of carboxylic acid groups (broad SMARTS) is 1. The smallest absolute Gasteiger partial charge is 0.332 e. The lowest BCUT2D eigenvalue weighted by Gasteiger charge is -2.13. The Labute approximate surface area is 173 Å². The number of hydrogen-bond donors (Lipinski definition) is 1. The van der Waals surface area contributed by atoms with Crippen molar-refractivity contribution >= 4 is 11.5 Å². The lowest BCUT2D eigenvalue weighted by molar-refractivity contribution is -0.132. The molecule has 30 heavy (non-hydrogen) atoms. The number of rotatable bonds is 5. The van der Waals surface area contributed by atoms with E-state index in [9.17, 15) is 14.3 Å². The molecule has 4 nitrogen and oxygen atoms in total. The quantitative estimate of drug-likeness (QED) is 0.646. The molecule has 1 unspecified atom stereocenters. The van der Waals surface area contributed by atoms with Gasteiger partial charge in [0.15, 0.2) is 0 Å². The first-order valence-corrected chi connectivity index (χ1v) is 9.88. The molecule has 1 heterocycles. The number of hydrogen-bond acceptors (Lipinski definition) is 3. The maximum Gasteiger partial charge on any atom is 0.332 e. The van der Waals surface area contributed by atoms with Gasteiger partial charge in [0.2, 0.25) is 5.88 Å². The summed E-state index contributed by atoms with van der Waals surface area (Å²) in [4.78, 5) is 15.5. The molecule has 2 aliphatic rings. The van der Waals surface area contributed by atoms with Crippen LogP contribution in [0.5, 0.6) is 5.88 Å². The van der Waals surface area contributed by atoms with Crippen molar-refractivity contribution in [3.8, 4) is 17.0 Å². The zero-order valence-electron chi connectivity index (χ0n) is 16.7. The monoisotopic (exact) mass is 401 g/mol. The summed E-state index contributed by atoms with van der Waals surface area (Å²) >= 11 is 0. The highest BCUT2D eigenvalue weighted by Gasteiger charge is 2.47. The molecule has 0 radical (unpaired) electrons. The molecule has 3 aromatic rings. The van der Waals surface area contributed by atoms with Crippen LogP contribution in [-0.4, -0.2) is 16.1 Å². The summed E-state index contributed by atoms with van der Waals surface area (Å²) in [6.45, 7) is 4.17. The number of carbonyl (C=O) groups is 1. The first kappa shape index (κ1) is 18.6. The average molecular weight is 401 g/mol. The molecule has 0 aliphatic heterocycles. The topological polar surface area (TPSA) is 59.4 Å². The normalized spacial score (nSPS) is 16.3. The van der Waals surface area contributed by atoms with Crippen LogP contribution >= 0.6 is 0 Å². The summed E-state index contributed by atoms with van der Waals surface area (Å²) in [5, 5.41) is 9.18. The van der Waals surface area contributed by atoms with Gasteiger partial charge in [0, 0.05) is 34.9 Å². The van der Waals surface area contributed by atoms with E-state index in [0.717, 1.165) is 39.0 Å². The minimum absolute atomic E-state index is 0.0148. The van der Waals surface area contributed by atoms with Crippen molar-refractivity contribution in [3.63, 3.8) is 0 Å². The number of pyridine rings is 1. The van der Waals surface area contributed by atoms with Gasteiger partial charge in [-0.1, -0.05) is 24.3 Å². The summed E-state index contributed by atoms with van der Waals surface area (Å²) in [5.41, 5.74) is 8.15. The molecule has 0 bridgehead atoms. The number of aromatic nitrogens is 1. The molecule has 5 rings (SSSR count). The van der Waals surface area contributed by atoms with Gasteiger partial charge in [-0.25, -0.2) is 14.2 Å². The largest absolute Gasteiger partial charge is 0.478 e. The van der Waals surface area contributed by atoms with E-state index in [4.69, 9.17) is 4.74 Å². The number of carboxylic acids is 1. The molecule has 0 amide bonds. The SMILES string of the molecule is Cc1cccc(C)c1-c1ccc(F)c(COc2cc3c(cn2)C2=C(C(=O)O)C2C3)c1. The molecular formula is C25H20FNO3. The number of allylic oxidation sites excluding steroid dienone is 1. The Morgan fingerprint density at radius 2 is 1.97 bits per heavy atom. The van der Waals surface area contributed by atoms with Crippen molar-refractivity contribution in [2.75, 3.05) is 0 Å². The first-order chi connectivity index (χ1) is 14.4. The third kappa shape index (κ3) is 2.98. The fourth-order valence-corrected chi connectivity index (χ4v) is 4.52. The summed E-state index contributed by atoms with van der Waals surface area (Å²) in [6, 6.07) is 13.0. The zero-order chi connectivity index (χ0) is 21.0. The Bertz CT molecular complexity index is 1220. The minimum Gasteiger partial charge on any atom is -0.478 e. The van der Waals surface area contributed by atoms with E-state index in [1.165, 1.54) is 6.07 Å². The van der Waals surface area contributed by atoms with Gasteiger partial charge in [0.25, 0.3) is 0 Å². The van der Waals surface area contributed by atoms with Crippen LogP contribution < -0.4 is 4.74 Å². The van der Waals surface area contributed by atoms with E-state index in [1.807, 2.05) is 44.2 Å². The van der Waals surface area contributed by atoms with Gasteiger partial charge in [0.1, 0.15) is 12.4 Å². The summed E-state index contributed by atoms with van der Waals surface area (Å²) in [6.07, 6.45) is 2.33. The van der Waals surface area contributed by atoms with Crippen molar-refractivity contribution in [1.82, 2.24) is 4.98 Å². The third-order valence-corrected chi connectivity index (χ3v) is 6.00. The van der Waals surface area contributed by atoms with Crippen LogP contribution in [0.1, 0.15) is 27.8 Å². The van der Waals surface area contributed by atoms with E-state index in [0.29, 0.717) is 23.4 Å². The number of fused-ring (bicyclic) bond motifs is 3. The Morgan fingerprint density at radius 1 is 1.20 bits per heavy atom. The molecule has 1 atom stereocenters. The van der Waals surface area contributed by atoms with Crippen molar-refractivity contribution in [1.29, 1.82) is 0 Å². The molecular weight excluding hydrogens is 381 g/mol. The second-order valence-electron chi connectivity index (χ2n) is 7.93. The van der Waals surface area contributed by atoms with Crippen LogP contribution in [0, 0.1) is 25.6 Å². The second kappa shape index (κ2) is 6.80. The summed E-state index contributed by atoms with van der Waals surface area (Å²) in [5.74, 6) is -0.728. The predicted octanol–water partition coefficient (Wildman–Crippen LogP) is 5.11. The van der Waals surface area contributed by atoms with E-state index in [1.54, 1.807) is 12.3 Å². The van der Waals surface area contributed by atoms with Crippen molar-refractivity contribution in [2.24, 2.45) is 5.92 Å². The zero-order valence-corrected chi connectivity index (χ0v) is 16.7. The fraction of sp³-hybridized carbons (Fsp3) is 0.200. The standard InChI is InChI=1S/C25H20FNO3/c1-13-4-3-5-14(2)22(13)15-6-7-20(26)17(8-15)12-30-21-10-16-9-18-23(19(16)11-27-21)24(18)25(28)29/h3-8,10-11,18H,9,12H2,1-2H3,(H,28,29). The molecule has 2 aromatic carbocycles. The highest BCUT2D eigenvalue weighted by molar-refractivity contribution is 6.11. The number of aryl methyl sites for hydroxylation is 2. The number of ether oxygens (including phenoxy) is 1. The molecule has 1 N–H and O–H groups in total. The van der Waals surface area contributed by atoms with Gasteiger partial charge in [0.05, 0.1) is 0 Å². The van der Waals surface area contributed by atoms with Gasteiger partial charge in [-0.3, -0.25) is 0 Å². The lowest BCUT2D eigenvalue weighted by Crippen LogP contribution is -2.02. The highest BCUT2D eigenvalue weighted by atomic mass is 19.1. The molecule has 150 valence electrons. The molecule has 0 fully saturated rings. The maximum absolute atomic E-state index is 14.4. The molecule has 2 aliphatic carbocycles. The van der Waals surface area contributed by atoms with E-state index in [2.05, 4.69) is 4.98 Å². The van der Waals surface area contributed by atoms with Gasteiger partial charge < -0.3 is 9.84 Å². The van der Waals surface area contributed by atoms with Crippen molar-refractivity contribution in [2.45, 2.75) is 26.9 Å². The molecule has 0 saturated carbocycles. The maximum atomic E-state index is 14.4. The first-order valence-electron chi connectivity index (χ1n) is 9.88. The van der Waals surface area contributed by atoms with E-state index < -0.39 is 5.97 Å². The Hall–Kier alpha value is -3.47. The van der Waals surface area contributed by atoms with E-state index >= 15 is 0 Å². The number of nitrogens with zero attached hydrogens (tertiary/aromatic N) is 1. The molecule has 0 spiro atoms. The third-order valence-electron chi connectivity index (χ3n) is 6.00. The van der Waals surface area contributed by atoms with E-state index in [-0.39, 0.29) is 18.3 Å². The summed E-state index contributed by atoms with van der Waals surface area (Å²) < 4.78 is 20.2. The van der Waals surface area contributed by atoms with Crippen LogP contribution in [0.25, 0.3) is 16.7 Å². The second-order valence-corrected chi connectivity index (χ2v) is 7.93. The molecule has 0 saturated heterocycles. The fourth-order valence-electron chi connectivity index (χ4n) is 4.52. The Balaban J connectivity index is 1.37. The van der Waals surface area contributed by atoms with Gasteiger partial charge in [-0.05, 0) is 65.8 Å². The van der Waals surface area contributed by atoms with Gasteiger partial charge >= 0.3 is 5.97 Å². The predicted molar refractivity (Wildman–Crippen MR) is 112 cm³/mol. The van der Waals surface area contributed by atoms with Crippen molar-refractivity contribution in [3.05, 3.63) is 87.9 Å². The van der Waals surface area contributed by atoms with Gasteiger partial charge in [-0.15, -0.1) is 0 Å². The number of benzene rings is 2. The number of aliphatic carboxylic acids is 1. The van der Waals surface area contributed by atoms with Crippen LogP contribution in [0.2, 0.25) is 0 Å². The Morgan fingerprint density at radius 3 is 2.70 bits per heavy atom. The minimum atomic E-state index is -0.847. The average Bonchev–Trinajstić information content (AvgIpc) is 3.31. The molecule has 5 heteroatoms. The number of halogens is 1. The highest BCUT2D eigenvalue weighted by Crippen LogP contribution is 2.55. The molecule has 1 aromatic heterocycles. The summed E-state index contributed by atoms with van der Waals surface area (Å²) in [7, 11) is 0. The lowest BCUT2D eigenvalue weighted by atomic mass is 9.94. The van der Waals surface area contributed by atoms with Crippen LogP contribution in [0.15, 0.2) is 54.2 Å².